The van der Waals surface area contributed by atoms with E-state index in [1.54, 1.807) is 12.4 Å². The molecule has 0 atom stereocenters. The topological polar surface area (TPSA) is 75.3 Å². The summed E-state index contributed by atoms with van der Waals surface area (Å²) in [5.74, 6) is 2.16. The number of benzene rings is 2. The highest BCUT2D eigenvalue weighted by Gasteiger charge is 2.26. The first-order chi connectivity index (χ1) is 17.6. The lowest BCUT2D eigenvalue weighted by atomic mass is 10.0. The Labute approximate surface area is 218 Å². The number of halogens is 2. The third kappa shape index (κ3) is 4.12. The zero-order valence-corrected chi connectivity index (χ0v) is 21.0. The van der Waals surface area contributed by atoms with Gasteiger partial charge in [0.05, 0.1) is 10.6 Å². The number of aryl methyl sites for hydroxylation is 1. The Bertz CT molecular complexity index is 1530. The first-order valence-corrected chi connectivity index (χ1v) is 12.4. The summed E-state index contributed by atoms with van der Waals surface area (Å²) in [6, 6.07) is 17.2. The molecule has 3 aromatic heterocycles. The van der Waals surface area contributed by atoms with Gasteiger partial charge in [-0.3, -0.25) is 0 Å². The molecule has 10 heteroatoms. The molecule has 0 saturated carbocycles. The second-order valence-corrected chi connectivity index (χ2v) is 9.38. The molecule has 0 bridgehead atoms. The van der Waals surface area contributed by atoms with Crippen molar-refractivity contribution in [2.75, 3.05) is 36.0 Å². The lowest BCUT2D eigenvalue weighted by Gasteiger charge is -2.35. The second-order valence-electron chi connectivity index (χ2n) is 8.54. The van der Waals surface area contributed by atoms with Gasteiger partial charge in [0, 0.05) is 49.2 Å². The minimum atomic E-state index is 0.624. The fourth-order valence-electron chi connectivity index (χ4n) is 4.51. The Balaban J connectivity index is 1.47. The number of hydrogen-bond donors (Lipinski definition) is 0. The maximum Gasteiger partial charge on any atom is 0.230 e. The van der Waals surface area contributed by atoms with Gasteiger partial charge in [0.25, 0.3) is 0 Å². The third-order valence-corrected chi connectivity index (χ3v) is 6.82. The van der Waals surface area contributed by atoms with Crippen molar-refractivity contribution >= 4 is 40.7 Å². The van der Waals surface area contributed by atoms with E-state index >= 15 is 0 Å². The Morgan fingerprint density at radius 2 is 1.47 bits per heavy atom. The van der Waals surface area contributed by atoms with E-state index in [1.165, 1.54) is 0 Å². The molecule has 1 aliphatic rings. The van der Waals surface area contributed by atoms with Crippen LogP contribution in [-0.4, -0.2) is 55.7 Å². The van der Waals surface area contributed by atoms with E-state index in [0.29, 0.717) is 15.9 Å². The molecule has 0 spiro atoms. The number of nitrogens with zero attached hydrogens (tertiary/aromatic N) is 8. The standard InChI is InChI=1S/C26H22Cl2N8/c1-17-31-24-22(18-7-9-19(27)10-8-18)23(20-5-2-3-6-21(20)28)33-36(24)26(32-17)35-15-13-34(14-16-35)25-29-11-4-12-30-25/h2-12H,13-16H2,1H3. The zero-order chi connectivity index (χ0) is 24.6. The van der Waals surface area contributed by atoms with Gasteiger partial charge in [-0.25, -0.2) is 15.0 Å². The Hall–Kier alpha value is -3.75. The van der Waals surface area contributed by atoms with Gasteiger partial charge in [-0.2, -0.15) is 14.6 Å². The van der Waals surface area contributed by atoms with Crippen molar-refractivity contribution in [1.82, 2.24) is 29.5 Å². The molecular weight excluding hydrogens is 495 g/mol. The molecule has 6 rings (SSSR count). The fourth-order valence-corrected chi connectivity index (χ4v) is 4.86. The van der Waals surface area contributed by atoms with Gasteiger partial charge in [0.15, 0.2) is 5.65 Å². The summed E-state index contributed by atoms with van der Waals surface area (Å²) in [6.07, 6.45) is 3.54. The minimum absolute atomic E-state index is 0.624. The quantitative estimate of drug-likeness (QED) is 0.325. The van der Waals surface area contributed by atoms with Crippen LogP contribution in [0.3, 0.4) is 0 Å². The van der Waals surface area contributed by atoms with Crippen LogP contribution in [0.25, 0.3) is 28.0 Å². The van der Waals surface area contributed by atoms with Crippen LogP contribution in [0.15, 0.2) is 67.0 Å². The molecular formula is C26H22Cl2N8. The van der Waals surface area contributed by atoms with Gasteiger partial charge in [-0.15, -0.1) is 0 Å². The van der Waals surface area contributed by atoms with Crippen LogP contribution in [0.4, 0.5) is 11.9 Å². The molecule has 2 aromatic carbocycles. The molecule has 36 heavy (non-hydrogen) atoms. The van der Waals surface area contributed by atoms with E-state index < -0.39 is 0 Å². The van der Waals surface area contributed by atoms with Crippen LogP contribution < -0.4 is 9.80 Å². The number of hydrogen-bond acceptors (Lipinski definition) is 7. The summed E-state index contributed by atoms with van der Waals surface area (Å²) in [5.41, 5.74) is 4.16. The van der Waals surface area contributed by atoms with Crippen LogP contribution in [0.5, 0.6) is 0 Å². The number of anilines is 2. The summed E-state index contributed by atoms with van der Waals surface area (Å²) < 4.78 is 1.84. The van der Waals surface area contributed by atoms with E-state index in [-0.39, 0.29) is 0 Å². The second kappa shape index (κ2) is 9.37. The molecule has 0 unspecified atom stereocenters. The maximum absolute atomic E-state index is 6.63. The monoisotopic (exact) mass is 516 g/mol. The number of piperazine rings is 1. The normalized spacial score (nSPS) is 14.0. The smallest absolute Gasteiger partial charge is 0.230 e. The largest absolute Gasteiger partial charge is 0.337 e. The van der Waals surface area contributed by atoms with E-state index in [9.17, 15) is 0 Å². The van der Waals surface area contributed by atoms with E-state index in [0.717, 1.165) is 66.1 Å². The Kier molecular flexibility index (Phi) is 5.91. The lowest BCUT2D eigenvalue weighted by Crippen LogP contribution is -2.48. The highest BCUT2D eigenvalue weighted by molar-refractivity contribution is 6.33. The lowest BCUT2D eigenvalue weighted by molar-refractivity contribution is 0.617. The van der Waals surface area contributed by atoms with Crippen molar-refractivity contribution in [3.8, 4) is 22.4 Å². The van der Waals surface area contributed by atoms with Crippen molar-refractivity contribution in [3.63, 3.8) is 0 Å². The summed E-state index contributed by atoms with van der Waals surface area (Å²) in [5, 5.41) is 6.32. The molecule has 1 saturated heterocycles. The first-order valence-electron chi connectivity index (χ1n) is 11.6. The van der Waals surface area contributed by atoms with Crippen molar-refractivity contribution in [2.24, 2.45) is 0 Å². The SMILES string of the molecule is Cc1nc(N2CCN(c3ncccn3)CC2)n2nc(-c3ccccc3Cl)c(-c3ccc(Cl)cc3)c2n1. The van der Waals surface area contributed by atoms with Crippen LogP contribution in [-0.2, 0) is 0 Å². The van der Waals surface area contributed by atoms with Gasteiger partial charge in [0.1, 0.15) is 11.5 Å². The predicted molar refractivity (Wildman–Crippen MR) is 143 cm³/mol. The predicted octanol–water partition coefficient (Wildman–Crippen LogP) is 5.19. The molecule has 5 aromatic rings. The van der Waals surface area contributed by atoms with E-state index in [2.05, 4.69) is 19.8 Å². The molecule has 0 radical (unpaired) electrons. The first kappa shape index (κ1) is 22.7. The van der Waals surface area contributed by atoms with Crippen LogP contribution in [0.1, 0.15) is 5.82 Å². The van der Waals surface area contributed by atoms with Crippen molar-refractivity contribution in [1.29, 1.82) is 0 Å². The van der Waals surface area contributed by atoms with E-state index in [1.807, 2.05) is 66.0 Å². The Morgan fingerprint density at radius 1 is 0.778 bits per heavy atom. The van der Waals surface area contributed by atoms with Crippen molar-refractivity contribution in [2.45, 2.75) is 6.92 Å². The summed E-state index contributed by atoms with van der Waals surface area (Å²) in [7, 11) is 0. The highest BCUT2D eigenvalue weighted by Crippen LogP contribution is 2.39. The summed E-state index contributed by atoms with van der Waals surface area (Å²) in [4.78, 5) is 22.8. The molecule has 0 amide bonds. The summed E-state index contributed by atoms with van der Waals surface area (Å²) >= 11 is 12.8. The number of rotatable bonds is 4. The van der Waals surface area contributed by atoms with Gasteiger partial charge < -0.3 is 9.80 Å². The fraction of sp³-hybridized carbons (Fsp3) is 0.192. The van der Waals surface area contributed by atoms with E-state index in [4.69, 9.17) is 38.3 Å². The van der Waals surface area contributed by atoms with Crippen molar-refractivity contribution in [3.05, 3.63) is 82.9 Å². The highest BCUT2D eigenvalue weighted by atomic mass is 35.5. The van der Waals surface area contributed by atoms with Crippen LogP contribution in [0.2, 0.25) is 10.0 Å². The molecule has 8 nitrogen and oxygen atoms in total. The average molecular weight is 517 g/mol. The summed E-state index contributed by atoms with van der Waals surface area (Å²) in [6.45, 7) is 4.96. The van der Waals surface area contributed by atoms with Gasteiger partial charge in [-0.05, 0) is 36.8 Å². The van der Waals surface area contributed by atoms with Crippen LogP contribution in [0, 0.1) is 6.92 Å². The van der Waals surface area contributed by atoms with Gasteiger partial charge in [-0.1, -0.05) is 53.5 Å². The molecule has 180 valence electrons. The van der Waals surface area contributed by atoms with Crippen LogP contribution >= 0.6 is 23.2 Å². The van der Waals surface area contributed by atoms with Gasteiger partial charge in [0.2, 0.25) is 11.9 Å². The zero-order valence-electron chi connectivity index (χ0n) is 19.5. The molecule has 0 aliphatic carbocycles. The Morgan fingerprint density at radius 3 is 2.19 bits per heavy atom. The average Bonchev–Trinajstić information content (AvgIpc) is 3.28. The maximum atomic E-state index is 6.63. The number of fused-ring (bicyclic) bond motifs is 1. The van der Waals surface area contributed by atoms with Crippen molar-refractivity contribution < 1.29 is 0 Å². The molecule has 4 heterocycles. The van der Waals surface area contributed by atoms with Gasteiger partial charge >= 0.3 is 0 Å². The molecule has 0 N–H and O–H groups in total. The molecule has 1 aliphatic heterocycles. The third-order valence-electron chi connectivity index (χ3n) is 6.24. The minimum Gasteiger partial charge on any atom is -0.337 e. The number of aromatic nitrogens is 6. The molecule has 1 fully saturated rings.